The number of amidine groups is 1. The van der Waals surface area contributed by atoms with Crippen LogP contribution >= 0.6 is 0 Å². The Kier molecular flexibility index (Phi) is 5.93. The second-order valence-corrected chi connectivity index (χ2v) is 5.52. The van der Waals surface area contributed by atoms with E-state index in [1.165, 1.54) is 7.11 Å². The van der Waals surface area contributed by atoms with Crippen LogP contribution in [-0.4, -0.2) is 50.0 Å². The Morgan fingerprint density at radius 2 is 2.04 bits per heavy atom. The van der Waals surface area contributed by atoms with Crippen molar-refractivity contribution in [1.82, 2.24) is 10.6 Å². The zero-order valence-corrected chi connectivity index (χ0v) is 13.9. The molecule has 1 saturated heterocycles. The molecule has 0 aliphatic carbocycles. The molecule has 1 heterocycles. The highest BCUT2D eigenvalue weighted by molar-refractivity contribution is 6.02. The fourth-order valence-electron chi connectivity index (χ4n) is 2.48. The number of benzene rings is 1. The van der Waals surface area contributed by atoms with Gasteiger partial charge in [0, 0.05) is 24.3 Å². The van der Waals surface area contributed by atoms with Gasteiger partial charge >= 0.3 is 12.0 Å². The van der Waals surface area contributed by atoms with Gasteiger partial charge in [-0.15, -0.1) is 0 Å². The van der Waals surface area contributed by atoms with Crippen LogP contribution in [-0.2, 0) is 14.3 Å². The number of nitrogens with two attached hydrogens (primary N) is 1. The number of rotatable bonds is 6. The molecule has 0 unspecified atom stereocenters. The number of nitrogens with zero attached hydrogens (tertiary/aromatic N) is 1. The van der Waals surface area contributed by atoms with Crippen molar-refractivity contribution in [3.05, 3.63) is 29.8 Å². The Labute approximate surface area is 145 Å². The topological polar surface area (TPSA) is 138 Å². The molecule has 1 fully saturated rings. The van der Waals surface area contributed by atoms with Gasteiger partial charge in [0.25, 0.3) is 0 Å². The molecule has 1 aliphatic rings. The number of hydrogen-bond donors (Lipinski definition) is 4. The van der Waals surface area contributed by atoms with Crippen LogP contribution in [0.3, 0.4) is 0 Å². The molecular weight excluding hydrogens is 326 g/mol. The van der Waals surface area contributed by atoms with Gasteiger partial charge in [-0.3, -0.25) is 15.0 Å². The van der Waals surface area contributed by atoms with Crippen LogP contribution in [0.2, 0.25) is 0 Å². The van der Waals surface area contributed by atoms with E-state index in [1.807, 2.05) is 0 Å². The lowest BCUT2D eigenvalue weighted by Crippen LogP contribution is -2.46. The summed E-state index contributed by atoms with van der Waals surface area (Å²) in [5.41, 5.74) is 6.67. The summed E-state index contributed by atoms with van der Waals surface area (Å²) in [5, 5.41) is 12.5. The third-order valence-corrected chi connectivity index (χ3v) is 3.84. The smallest absolute Gasteiger partial charge is 0.315 e. The molecule has 3 amide bonds. The van der Waals surface area contributed by atoms with Gasteiger partial charge in [0.1, 0.15) is 11.9 Å². The van der Waals surface area contributed by atoms with E-state index in [4.69, 9.17) is 11.1 Å². The van der Waals surface area contributed by atoms with Crippen molar-refractivity contribution in [1.29, 1.82) is 5.41 Å². The van der Waals surface area contributed by atoms with Crippen LogP contribution in [0.4, 0.5) is 10.5 Å². The number of urea groups is 1. The highest BCUT2D eigenvalue weighted by Crippen LogP contribution is 2.22. The molecular formula is C16H21N5O4. The SMILES string of the molecule is COC(=O)CCNC(=O)N[C@H]1CCN(c2ccc(C(=N)N)cc2)C1=O. The quantitative estimate of drug-likeness (QED) is 0.324. The minimum Gasteiger partial charge on any atom is -0.469 e. The summed E-state index contributed by atoms with van der Waals surface area (Å²) in [4.78, 5) is 36.8. The van der Waals surface area contributed by atoms with Gasteiger partial charge in [-0.05, 0) is 30.7 Å². The second-order valence-electron chi connectivity index (χ2n) is 5.52. The van der Waals surface area contributed by atoms with Crippen LogP contribution in [0, 0.1) is 5.41 Å². The number of carbonyl (C=O) groups is 3. The van der Waals surface area contributed by atoms with Crippen LogP contribution < -0.4 is 21.3 Å². The van der Waals surface area contributed by atoms with Gasteiger partial charge < -0.3 is 26.0 Å². The van der Waals surface area contributed by atoms with Gasteiger partial charge in [0.05, 0.1) is 13.5 Å². The lowest BCUT2D eigenvalue weighted by molar-refractivity contribution is -0.140. The molecule has 1 aromatic carbocycles. The fourth-order valence-corrected chi connectivity index (χ4v) is 2.48. The van der Waals surface area contributed by atoms with Crippen molar-refractivity contribution in [2.24, 2.45) is 5.73 Å². The van der Waals surface area contributed by atoms with Gasteiger partial charge in [-0.25, -0.2) is 4.79 Å². The van der Waals surface area contributed by atoms with Crippen LogP contribution in [0.1, 0.15) is 18.4 Å². The molecule has 0 aromatic heterocycles. The number of nitrogens with one attached hydrogen (secondary N) is 3. The molecule has 1 aromatic rings. The predicted molar refractivity (Wildman–Crippen MR) is 91.4 cm³/mol. The van der Waals surface area contributed by atoms with Crippen molar-refractivity contribution in [2.45, 2.75) is 18.9 Å². The third kappa shape index (κ3) is 4.69. The number of esters is 1. The Balaban J connectivity index is 1.87. The average molecular weight is 347 g/mol. The first kappa shape index (κ1) is 18.2. The molecule has 1 atom stereocenters. The minimum absolute atomic E-state index is 0.0394. The second kappa shape index (κ2) is 8.13. The van der Waals surface area contributed by atoms with Crippen LogP contribution in [0.15, 0.2) is 24.3 Å². The Morgan fingerprint density at radius 3 is 2.64 bits per heavy atom. The monoisotopic (exact) mass is 347 g/mol. The largest absolute Gasteiger partial charge is 0.469 e. The lowest BCUT2D eigenvalue weighted by Gasteiger charge is -2.17. The van der Waals surface area contributed by atoms with Crippen molar-refractivity contribution in [3.63, 3.8) is 0 Å². The van der Waals surface area contributed by atoms with E-state index in [9.17, 15) is 14.4 Å². The van der Waals surface area contributed by atoms with Crippen molar-refractivity contribution in [2.75, 3.05) is 25.1 Å². The van der Waals surface area contributed by atoms with E-state index >= 15 is 0 Å². The summed E-state index contributed by atoms with van der Waals surface area (Å²) in [7, 11) is 1.27. The average Bonchev–Trinajstić information content (AvgIpc) is 2.95. The van der Waals surface area contributed by atoms with Crippen LogP contribution in [0.5, 0.6) is 0 Å². The van der Waals surface area contributed by atoms with E-state index in [0.29, 0.717) is 24.2 Å². The summed E-state index contributed by atoms with van der Waals surface area (Å²) in [6, 6.07) is 5.65. The van der Waals surface area contributed by atoms with E-state index in [1.54, 1.807) is 29.2 Å². The lowest BCUT2D eigenvalue weighted by atomic mass is 10.2. The summed E-state index contributed by atoms with van der Waals surface area (Å²) < 4.78 is 4.48. The van der Waals surface area contributed by atoms with E-state index in [0.717, 1.165) is 0 Å². The summed E-state index contributed by atoms with van der Waals surface area (Å²) in [5.74, 6) is -0.668. The van der Waals surface area contributed by atoms with Crippen molar-refractivity contribution < 1.29 is 19.1 Å². The third-order valence-electron chi connectivity index (χ3n) is 3.84. The molecule has 25 heavy (non-hydrogen) atoms. The molecule has 0 spiro atoms. The maximum atomic E-state index is 12.4. The minimum atomic E-state index is -0.620. The van der Waals surface area contributed by atoms with E-state index in [2.05, 4.69) is 15.4 Å². The highest BCUT2D eigenvalue weighted by atomic mass is 16.5. The molecule has 134 valence electrons. The molecule has 9 heteroatoms. The number of ether oxygens (including phenoxy) is 1. The normalized spacial score (nSPS) is 16.4. The molecule has 0 bridgehead atoms. The molecule has 0 radical (unpaired) electrons. The first-order chi connectivity index (χ1) is 11.9. The zero-order valence-electron chi connectivity index (χ0n) is 13.9. The van der Waals surface area contributed by atoms with Crippen LogP contribution in [0.25, 0.3) is 0 Å². The van der Waals surface area contributed by atoms with E-state index < -0.39 is 18.0 Å². The molecule has 1 aliphatic heterocycles. The predicted octanol–water partition coefficient (Wildman–Crippen LogP) is -0.0617. The van der Waals surface area contributed by atoms with Crippen molar-refractivity contribution >= 4 is 29.4 Å². The number of carbonyl (C=O) groups excluding carboxylic acids is 3. The molecule has 0 saturated carbocycles. The number of hydrogen-bond acceptors (Lipinski definition) is 5. The maximum absolute atomic E-state index is 12.4. The Hall–Kier alpha value is -3.10. The number of amides is 3. The van der Waals surface area contributed by atoms with E-state index in [-0.39, 0.29) is 24.7 Å². The first-order valence-electron chi connectivity index (χ1n) is 7.79. The highest BCUT2D eigenvalue weighted by Gasteiger charge is 2.33. The van der Waals surface area contributed by atoms with Gasteiger partial charge in [0.15, 0.2) is 0 Å². The Bertz CT molecular complexity index is 674. The van der Waals surface area contributed by atoms with Gasteiger partial charge in [-0.1, -0.05) is 0 Å². The Morgan fingerprint density at radius 1 is 1.36 bits per heavy atom. The van der Waals surface area contributed by atoms with Gasteiger partial charge in [0.2, 0.25) is 5.91 Å². The number of methoxy groups -OCH3 is 1. The molecule has 5 N–H and O–H groups in total. The summed E-state index contributed by atoms with van der Waals surface area (Å²) >= 11 is 0. The molecule has 9 nitrogen and oxygen atoms in total. The summed E-state index contributed by atoms with van der Waals surface area (Å²) in [6.45, 7) is 0.612. The van der Waals surface area contributed by atoms with Gasteiger partial charge in [-0.2, -0.15) is 0 Å². The standard InChI is InChI=1S/C16H21N5O4/c1-25-13(22)6-8-19-16(24)20-12-7-9-21(15(12)23)11-4-2-10(3-5-11)14(17)18/h2-5,12H,6-9H2,1H3,(H3,17,18)(H2,19,20,24)/t12-/m0/s1. The molecule has 2 rings (SSSR count). The van der Waals surface area contributed by atoms with Crippen molar-refractivity contribution in [3.8, 4) is 0 Å². The maximum Gasteiger partial charge on any atom is 0.315 e. The first-order valence-corrected chi connectivity index (χ1v) is 7.79. The zero-order chi connectivity index (χ0) is 18.4. The summed E-state index contributed by atoms with van der Waals surface area (Å²) in [6.07, 6.45) is 0.550. The number of anilines is 1. The fraction of sp³-hybridized carbons (Fsp3) is 0.375. The number of nitrogen functional groups attached to an aromatic ring is 1.